The van der Waals surface area contributed by atoms with E-state index in [4.69, 9.17) is 16.3 Å². The molecule has 0 bridgehead atoms. The number of ether oxygens (including phenoxy) is 1. The Kier molecular flexibility index (Phi) is 10.2. The molecular weight excluding hydrogens is 526 g/mol. The first-order valence-corrected chi connectivity index (χ1v) is 14.4. The van der Waals surface area contributed by atoms with E-state index in [1.807, 2.05) is 37.3 Å². The quantitative estimate of drug-likeness (QED) is 0.344. The van der Waals surface area contributed by atoms with Gasteiger partial charge in [-0.05, 0) is 67.4 Å². The summed E-state index contributed by atoms with van der Waals surface area (Å²) in [6.07, 6.45) is 1.78. The molecular formula is C28H32ClN3O5S. The number of amides is 2. The SMILES string of the molecule is CCCNC(=O)C(C)N(Cc1cccc(Cl)c1)C(=O)CN(c1ccc(Oc2ccccc2)cc1)S(C)(=O)=O. The number of hydrogen-bond donors (Lipinski definition) is 1. The zero-order valence-corrected chi connectivity index (χ0v) is 23.2. The van der Waals surface area contributed by atoms with Crippen LogP contribution in [0.1, 0.15) is 25.8 Å². The predicted molar refractivity (Wildman–Crippen MR) is 150 cm³/mol. The molecule has 0 aromatic heterocycles. The van der Waals surface area contributed by atoms with Crippen molar-refractivity contribution in [1.82, 2.24) is 10.2 Å². The molecule has 0 heterocycles. The molecule has 2 amide bonds. The van der Waals surface area contributed by atoms with Crippen LogP contribution >= 0.6 is 11.6 Å². The molecule has 38 heavy (non-hydrogen) atoms. The van der Waals surface area contributed by atoms with Crippen LogP contribution < -0.4 is 14.4 Å². The largest absolute Gasteiger partial charge is 0.457 e. The van der Waals surface area contributed by atoms with Crippen LogP contribution in [0.4, 0.5) is 5.69 Å². The number of carbonyl (C=O) groups is 2. The highest BCUT2D eigenvalue weighted by Crippen LogP contribution is 2.26. The van der Waals surface area contributed by atoms with Crippen LogP contribution in [-0.2, 0) is 26.2 Å². The van der Waals surface area contributed by atoms with Crippen molar-refractivity contribution < 1.29 is 22.7 Å². The summed E-state index contributed by atoms with van der Waals surface area (Å²) in [6.45, 7) is 3.62. The first-order chi connectivity index (χ1) is 18.1. The smallest absolute Gasteiger partial charge is 0.244 e. The molecule has 0 aliphatic carbocycles. The van der Waals surface area contributed by atoms with Gasteiger partial charge in [0, 0.05) is 18.1 Å². The lowest BCUT2D eigenvalue weighted by Gasteiger charge is -2.31. The molecule has 0 aliphatic heterocycles. The lowest BCUT2D eigenvalue weighted by Crippen LogP contribution is -2.51. The average Bonchev–Trinajstić information content (AvgIpc) is 2.89. The first-order valence-electron chi connectivity index (χ1n) is 12.2. The number of nitrogens with one attached hydrogen (secondary N) is 1. The van der Waals surface area contributed by atoms with Crippen LogP contribution in [0.25, 0.3) is 0 Å². The number of nitrogens with zero attached hydrogens (tertiary/aromatic N) is 2. The fraction of sp³-hybridized carbons (Fsp3) is 0.286. The number of anilines is 1. The Morgan fingerprint density at radius 1 is 0.974 bits per heavy atom. The molecule has 0 radical (unpaired) electrons. The zero-order chi connectivity index (χ0) is 27.7. The highest BCUT2D eigenvalue weighted by Gasteiger charge is 2.30. The minimum absolute atomic E-state index is 0.0849. The highest BCUT2D eigenvalue weighted by atomic mass is 35.5. The second-order valence-corrected chi connectivity index (χ2v) is 11.1. The summed E-state index contributed by atoms with van der Waals surface area (Å²) in [4.78, 5) is 27.7. The average molecular weight is 558 g/mol. The van der Waals surface area contributed by atoms with Crippen molar-refractivity contribution in [2.45, 2.75) is 32.9 Å². The number of sulfonamides is 1. The standard InChI is InChI=1S/C28H32ClN3O5S/c1-4-17-30-28(34)21(2)31(19-22-9-8-10-23(29)18-22)27(33)20-32(38(3,35)36)24-13-15-26(16-14-24)37-25-11-6-5-7-12-25/h5-16,18,21H,4,17,19-20H2,1-3H3,(H,30,34). The van der Waals surface area contributed by atoms with E-state index in [0.717, 1.165) is 17.0 Å². The van der Waals surface area contributed by atoms with Gasteiger partial charge in [-0.15, -0.1) is 0 Å². The van der Waals surface area contributed by atoms with Gasteiger partial charge in [0.05, 0.1) is 11.9 Å². The number of hydrogen-bond acceptors (Lipinski definition) is 5. The van der Waals surface area contributed by atoms with Gasteiger partial charge in [0.25, 0.3) is 0 Å². The lowest BCUT2D eigenvalue weighted by molar-refractivity contribution is -0.139. The lowest BCUT2D eigenvalue weighted by atomic mass is 10.1. The van der Waals surface area contributed by atoms with E-state index >= 15 is 0 Å². The second-order valence-electron chi connectivity index (χ2n) is 8.80. The van der Waals surface area contributed by atoms with Crippen LogP contribution in [0, 0.1) is 0 Å². The van der Waals surface area contributed by atoms with Gasteiger partial charge in [-0.25, -0.2) is 8.42 Å². The first kappa shape index (κ1) is 29.0. The van der Waals surface area contributed by atoms with Gasteiger partial charge in [-0.3, -0.25) is 13.9 Å². The van der Waals surface area contributed by atoms with Crippen molar-refractivity contribution in [1.29, 1.82) is 0 Å². The van der Waals surface area contributed by atoms with Crippen molar-refractivity contribution in [2.75, 3.05) is 23.7 Å². The molecule has 0 fully saturated rings. The van der Waals surface area contributed by atoms with E-state index in [1.54, 1.807) is 55.5 Å². The monoisotopic (exact) mass is 557 g/mol. The Labute approximate surface area is 229 Å². The fourth-order valence-electron chi connectivity index (χ4n) is 3.73. The van der Waals surface area contributed by atoms with Crippen molar-refractivity contribution in [3.63, 3.8) is 0 Å². The highest BCUT2D eigenvalue weighted by molar-refractivity contribution is 7.92. The third kappa shape index (κ3) is 8.22. The van der Waals surface area contributed by atoms with Crippen LogP contribution in [0.5, 0.6) is 11.5 Å². The molecule has 202 valence electrons. The maximum absolute atomic E-state index is 13.6. The summed E-state index contributed by atoms with van der Waals surface area (Å²) in [5.74, 6) is 0.306. The third-order valence-corrected chi connectivity index (χ3v) is 7.12. The van der Waals surface area contributed by atoms with E-state index in [1.165, 1.54) is 4.90 Å². The van der Waals surface area contributed by atoms with E-state index in [0.29, 0.717) is 34.3 Å². The molecule has 3 aromatic rings. The molecule has 10 heteroatoms. The van der Waals surface area contributed by atoms with Crippen molar-refractivity contribution >= 4 is 39.1 Å². The maximum atomic E-state index is 13.6. The van der Waals surface area contributed by atoms with E-state index < -0.39 is 28.5 Å². The number of para-hydroxylation sites is 1. The van der Waals surface area contributed by atoms with Crippen LogP contribution in [0.15, 0.2) is 78.9 Å². The molecule has 1 atom stereocenters. The Bertz CT molecular complexity index is 1330. The molecule has 3 aromatic carbocycles. The van der Waals surface area contributed by atoms with Gasteiger partial charge < -0.3 is 15.0 Å². The summed E-state index contributed by atoms with van der Waals surface area (Å²) in [7, 11) is -3.83. The number of benzene rings is 3. The van der Waals surface area contributed by atoms with Crippen LogP contribution in [-0.4, -0.2) is 50.5 Å². The van der Waals surface area contributed by atoms with Gasteiger partial charge in [0.2, 0.25) is 21.8 Å². The summed E-state index contributed by atoms with van der Waals surface area (Å²) in [5.41, 5.74) is 1.02. The van der Waals surface area contributed by atoms with Crippen molar-refractivity contribution in [3.8, 4) is 11.5 Å². The van der Waals surface area contributed by atoms with Gasteiger partial charge in [-0.1, -0.05) is 48.9 Å². The van der Waals surface area contributed by atoms with E-state index in [-0.39, 0.29) is 12.5 Å². The van der Waals surface area contributed by atoms with E-state index in [2.05, 4.69) is 5.32 Å². The molecule has 3 rings (SSSR count). The zero-order valence-electron chi connectivity index (χ0n) is 21.6. The molecule has 0 saturated heterocycles. The topological polar surface area (TPSA) is 96.0 Å². The number of rotatable bonds is 12. The molecule has 0 aliphatic rings. The fourth-order valence-corrected chi connectivity index (χ4v) is 4.79. The van der Waals surface area contributed by atoms with Crippen molar-refractivity contribution in [3.05, 3.63) is 89.4 Å². The molecule has 1 unspecified atom stereocenters. The van der Waals surface area contributed by atoms with Gasteiger partial charge in [-0.2, -0.15) is 0 Å². The maximum Gasteiger partial charge on any atom is 0.244 e. The Morgan fingerprint density at radius 3 is 2.24 bits per heavy atom. The molecule has 1 N–H and O–H groups in total. The summed E-state index contributed by atoms with van der Waals surface area (Å²) in [6, 6.07) is 21.7. The minimum atomic E-state index is -3.83. The van der Waals surface area contributed by atoms with Crippen LogP contribution in [0.2, 0.25) is 5.02 Å². The summed E-state index contributed by atoms with van der Waals surface area (Å²) in [5, 5.41) is 3.30. The van der Waals surface area contributed by atoms with E-state index in [9.17, 15) is 18.0 Å². The second kappa shape index (κ2) is 13.3. The summed E-state index contributed by atoms with van der Waals surface area (Å²) >= 11 is 6.13. The predicted octanol–water partition coefficient (Wildman–Crippen LogP) is 4.84. The normalized spacial score (nSPS) is 11.9. The third-order valence-electron chi connectivity index (χ3n) is 5.74. The van der Waals surface area contributed by atoms with Gasteiger partial charge in [0.1, 0.15) is 24.1 Å². The van der Waals surface area contributed by atoms with Crippen molar-refractivity contribution in [2.24, 2.45) is 0 Å². The Hall–Kier alpha value is -3.56. The number of halogens is 1. The number of carbonyl (C=O) groups excluding carboxylic acids is 2. The van der Waals surface area contributed by atoms with Gasteiger partial charge in [0.15, 0.2) is 0 Å². The summed E-state index contributed by atoms with van der Waals surface area (Å²) < 4.78 is 32.3. The molecule has 0 saturated carbocycles. The Balaban J connectivity index is 1.85. The Morgan fingerprint density at radius 2 is 1.63 bits per heavy atom. The molecule has 8 nitrogen and oxygen atoms in total. The minimum Gasteiger partial charge on any atom is -0.457 e. The molecule has 0 spiro atoms. The van der Waals surface area contributed by atoms with Crippen LogP contribution in [0.3, 0.4) is 0 Å². The van der Waals surface area contributed by atoms with Gasteiger partial charge >= 0.3 is 0 Å².